The van der Waals surface area contributed by atoms with Crippen LogP contribution in [0.1, 0.15) is 39.5 Å². The lowest BCUT2D eigenvalue weighted by Gasteiger charge is -2.52. The lowest BCUT2D eigenvalue weighted by atomic mass is 9.59. The molecule has 2 rings (SSSR count). The molecule has 0 aliphatic heterocycles. The summed E-state index contributed by atoms with van der Waals surface area (Å²) in [4.78, 5) is 1.03. The Balaban J connectivity index is 2.14. The number of nitrogens with zero attached hydrogens (tertiary/aromatic N) is 1. The van der Waals surface area contributed by atoms with Gasteiger partial charge in [-0.2, -0.15) is 5.26 Å². The lowest BCUT2D eigenvalue weighted by Crippen LogP contribution is -2.48. The van der Waals surface area contributed by atoms with Crippen LogP contribution >= 0.6 is 23.4 Å². The Morgan fingerprint density at radius 1 is 1.28 bits per heavy atom. The summed E-state index contributed by atoms with van der Waals surface area (Å²) in [5, 5.41) is 10.3. The van der Waals surface area contributed by atoms with Gasteiger partial charge < -0.3 is 0 Å². The van der Waals surface area contributed by atoms with E-state index in [0.29, 0.717) is 5.41 Å². The van der Waals surface area contributed by atoms with Crippen molar-refractivity contribution in [3.63, 3.8) is 0 Å². The van der Waals surface area contributed by atoms with Gasteiger partial charge in [-0.05, 0) is 30.4 Å². The number of halogens is 1. The Kier molecular flexibility index (Phi) is 3.94. The van der Waals surface area contributed by atoms with Crippen LogP contribution in [0.4, 0.5) is 0 Å². The summed E-state index contributed by atoms with van der Waals surface area (Å²) >= 11 is 7.82. The van der Waals surface area contributed by atoms with E-state index in [9.17, 15) is 5.26 Å². The number of hydrogen-bond acceptors (Lipinski definition) is 2. The fourth-order valence-corrected chi connectivity index (χ4v) is 4.61. The van der Waals surface area contributed by atoms with Crippen molar-refractivity contribution in [3.05, 3.63) is 29.3 Å². The molecule has 96 valence electrons. The van der Waals surface area contributed by atoms with E-state index >= 15 is 0 Å². The van der Waals surface area contributed by atoms with Gasteiger partial charge in [-0.25, -0.2) is 0 Å². The van der Waals surface area contributed by atoms with Gasteiger partial charge in [0.25, 0.3) is 0 Å². The first-order valence-corrected chi connectivity index (χ1v) is 7.63. The summed E-state index contributed by atoms with van der Waals surface area (Å²) in [5.41, 5.74) is 0.379. The highest BCUT2D eigenvalue weighted by atomic mass is 35.5. The van der Waals surface area contributed by atoms with Crippen LogP contribution in [0.2, 0.25) is 5.02 Å². The third-order valence-electron chi connectivity index (χ3n) is 4.17. The number of hydrogen-bond donors (Lipinski definition) is 0. The van der Waals surface area contributed by atoms with Gasteiger partial charge in [0.05, 0.1) is 11.1 Å². The van der Waals surface area contributed by atoms with Crippen molar-refractivity contribution in [2.75, 3.05) is 0 Å². The van der Waals surface area contributed by atoms with Crippen LogP contribution in [-0.4, -0.2) is 4.75 Å². The molecule has 1 aliphatic carbocycles. The molecule has 0 atom stereocenters. The van der Waals surface area contributed by atoms with Gasteiger partial charge in [0.15, 0.2) is 0 Å². The van der Waals surface area contributed by atoms with Gasteiger partial charge in [-0.1, -0.05) is 50.4 Å². The molecule has 1 fully saturated rings. The minimum atomic E-state index is -0.267. The highest BCUT2D eigenvalue weighted by Crippen LogP contribution is 2.60. The van der Waals surface area contributed by atoms with Gasteiger partial charge in [-0.15, -0.1) is 11.8 Å². The average molecular weight is 280 g/mol. The van der Waals surface area contributed by atoms with E-state index < -0.39 is 0 Å². The van der Waals surface area contributed by atoms with Crippen LogP contribution in [-0.2, 0) is 0 Å². The van der Waals surface area contributed by atoms with Crippen LogP contribution in [0, 0.1) is 16.7 Å². The van der Waals surface area contributed by atoms with Crippen LogP contribution in [0.15, 0.2) is 29.2 Å². The van der Waals surface area contributed by atoms with Gasteiger partial charge in [0, 0.05) is 4.90 Å². The molecule has 1 aliphatic rings. The molecular weight excluding hydrogens is 262 g/mol. The van der Waals surface area contributed by atoms with E-state index in [-0.39, 0.29) is 4.75 Å². The third-order valence-corrected chi connectivity index (χ3v) is 5.96. The van der Waals surface area contributed by atoms with E-state index in [1.165, 1.54) is 0 Å². The molecule has 0 heterocycles. The summed E-state index contributed by atoms with van der Waals surface area (Å²) < 4.78 is -0.267. The lowest BCUT2D eigenvalue weighted by molar-refractivity contribution is 0.0984. The van der Waals surface area contributed by atoms with E-state index in [2.05, 4.69) is 19.9 Å². The maximum absolute atomic E-state index is 9.50. The molecule has 0 saturated heterocycles. The molecular formula is C15H18ClNS. The summed E-state index contributed by atoms with van der Waals surface area (Å²) in [7, 11) is 0. The summed E-state index contributed by atoms with van der Waals surface area (Å²) in [6.07, 6.45) is 4.30. The first-order chi connectivity index (χ1) is 8.59. The first-order valence-electron chi connectivity index (χ1n) is 6.43. The van der Waals surface area contributed by atoms with Crippen LogP contribution in [0.3, 0.4) is 0 Å². The van der Waals surface area contributed by atoms with E-state index in [1.54, 1.807) is 11.8 Å². The van der Waals surface area contributed by atoms with Crippen LogP contribution < -0.4 is 0 Å². The topological polar surface area (TPSA) is 23.8 Å². The van der Waals surface area contributed by atoms with Crippen molar-refractivity contribution < 1.29 is 0 Å². The number of benzene rings is 1. The van der Waals surface area contributed by atoms with Gasteiger partial charge in [0.1, 0.15) is 4.75 Å². The summed E-state index contributed by atoms with van der Waals surface area (Å²) in [6, 6.07) is 10.3. The van der Waals surface area contributed by atoms with Crippen molar-refractivity contribution in [1.82, 2.24) is 0 Å². The van der Waals surface area contributed by atoms with E-state index in [4.69, 9.17) is 11.6 Å². The van der Waals surface area contributed by atoms with Crippen molar-refractivity contribution in [3.8, 4) is 6.07 Å². The molecule has 18 heavy (non-hydrogen) atoms. The predicted molar refractivity (Wildman–Crippen MR) is 77.9 cm³/mol. The average Bonchev–Trinajstić information content (AvgIpc) is 2.36. The standard InChI is InChI=1S/C15H18ClNS/c1-3-14(4-2)9-15(10-14,11-17)18-13-8-6-5-7-12(13)16/h5-8H,3-4,9-10H2,1-2H3. The van der Waals surface area contributed by atoms with Gasteiger partial charge >= 0.3 is 0 Å². The molecule has 1 aromatic rings. The third kappa shape index (κ3) is 2.39. The molecule has 1 nitrogen and oxygen atoms in total. The quantitative estimate of drug-likeness (QED) is 0.747. The number of thioether (sulfide) groups is 1. The molecule has 0 bridgehead atoms. The van der Waals surface area contributed by atoms with Crippen molar-refractivity contribution >= 4 is 23.4 Å². The smallest absolute Gasteiger partial charge is 0.108 e. The molecule has 0 unspecified atom stereocenters. The van der Waals surface area contributed by atoms with Crippen molar-refractivity contribution in [1.29, 1.82) is 5.26 Å². The van der Waals surface area contributed by atoms with Gasteiger partial charge in [-0.3, -0.25) is 0 Å². The van der Waals surface area contributed by atoms with Crippen LogP contribution in [0.5, 0.6) is 0 Å². The molecule has 1 aromatic carbocycles. The van der Waals surface area contributed by atoms with E-state index in [0.717, 1.165) is 35.6 Å². The fraction of sp³-hybridized carbons (Fsp3) is 0.533. The molecule has 3 heteroatoms. The zero-order valence-electron chi connectivity index (χ0n) is 10.9. The Morgan fingerprint density at radius 3 is 2.39 bits per heavy atom. The second kappa shape index (κ2) is 5.15. The molecule has 0 spiro atoms. The van der Waals surface area contributed by atoms with Gasteiger partial charge in [0.2, 0.25) is 0 Å². The highest BCUT2D eigenvalue weighted by molar-refractivity contribution is 8.01. The minimum absolute atomic E-state index is 0.267. The SMILES string of the molecule is CCC1(CC)CC(C#N)(Sc2ccccc2Cl)C1. The summed E-state index contributed by atoms with van der Waals surface area (Å²) in [5.74, 6) is 0. The summed E-state index contributed by atoms with van der Waals surface area (Å²) in [6.45, 7) is 4.45. The second-order valence-corrected chi connectivity index (χ2v) is 7.03. The molecule has 1 saturated carbocycles. The molecule has 0 aromatic heterocycles. The maximum Gasteiger partial charge on any atom is 0.108 e. The van der Waals surface area contributed by atoms with Crippen molar-refractivity contribution in [2.45, 2.75) is 49.2 Å². The largest absolute Gasteiger partial charge is 0.197 e. The van der Waals surface area contributed by atoms with Crippen molar-refractivity contribution in [2.24, 2.45) is 5.41 Å². The second-order valence-electron chi connectivity index (χ2n) is 5.20. The Morgan fingerprint density at radius 2 is 1.89 bits per heavy atom. The molecule has 0 N–H and O–H groups in total. The normalized spacial score (nSPS) is 19.9. The monoisotopic (exact) mass is 279 g/mol. The highest BCUT2D eigenvalue weighted by Gasteiger charge is 2.53. The van der Waals surface area contributed by atoms with Crippen LogP contribution in [0.25, 0.3) is 0 Å². The Bertz CT molecular complexity index is 466. The zero-order chi connectivity index (χ0) is 13.2. The number of rotatable bonds is 4. The minimum Gasteiger partial charge on any atom is -0.197 e. The maximum atomic E-state index is 9.50. The molecule has 0 amide bonds. The Labute approximate surface area is 119 Å². The van der Waals surface area contributed by atoms with E-state index in [1.807, 2.05) is 24.3 Å². The molecule has 0 radical (unpaired) electrons. The Hall–Kier alpha value is -0.650. The zero-order valence-corrected chi connectivity index (χ0v) is 12.4. The predicted octanol–water partition coefficient (Wildman–Crippen LogP) is 5.29. The fourth-order valence-electron chi connectivity index (χ4n) is 2.82. The number of nitriles is 1. The first kappa shape index (κ1) is 13.8.